The van der Waals surface area contributed by atoms with Gasteiger partial charge in [0.25, 0.3) is 5.56 Å². The maximum atomic E-state index is 12.7. The highest BCUT2D eigenvalue weighted by molar-refractivity contribution is 7.99. The lowest BCUT2D eigenvalue weighted by Crippen LogP contribution is -2.15. The van der Waals surface area contributed by atoms with E-state index < -0.39 is 0 Å². The Bertz CT molecular complexity index is 1440. The minimum Gasteiger partial charge on any atom is -0.494 e. The first-order valence-corrected chi connectivity index (χ1v) is 12.5. The molecule has 7 nitrogen and oxygen atoms in total. The number of nitrogens with zero attached hydrogens (tertiary/aromatic N) is 2. The molecule has 10 heteroatoms. The van der Waals surface area contributed by atoms with Crippen molar-refractivity contribution in [1.29, 1.82) is 0 Å². The highest BCUT2D eigenvalue weighted by atomic mass is 32.2. The zero-order valence-corrected chi connectivity index (χ0v) is 20.7. The van der Waals surface area contributed by atoms with E-state index in [1.807, 2.05) is 63.2 Å². The highest BCUT2D eigenvalue weighted by Gasteiger charge is 2.15. The molecule has 0 aliphatic heterocycles. The van der Waals surface area contributed by atoms with Crippen LogP contribution in [0, 0.1) is 17.8 Å². The van der Waals surface area contributed by atoms with Crippen LogP contribution in [-0.2, 0) is 4.79 Å². The number of nitrogens with one attached hydrogen (secondary N) is 2. The number of hydrogen-bond acceptors (Lipinski definition) is 7. The summed E-state index contributed by atoms with van der Waals surface area (Å²) in [4.78, 5) is 32.4. The molecule has 33 heavy (non-hydrogen) atoms. The Balaban J connectivity index is 1.57. The summed E-state index contributed by atoms with van der Waals surface area (Å²) in [5.41, 5.74) is 3.98. The highest BCUT2D eigenvalue weighted by Crippen LogP contribution is 2.26. The third-order valence-corrected chi connectivity index (χ3v) is 7.19. The fourth-order valence-electron chi connectivity index (χ4n) is 3.20. The molecule has 1 amide bonds. The number of benzene rings is 2. The van der Waals surface area contributed by atoms with Crippen LogP contribution in [0.1, 0.15) is 18.1 Å². The Labute approximate surface area is 203 Å². The number of hydrogen-bond donors (Lipinski definition) is 2. The van der Waals surface area contributed by atoms with Crippen LogP contribution in [0.4, 0.5) is 5.69 Å². The van der Waals surface area contributed by atoms with Crippen LogP contribution in [0.2, 0.25) is 0 Å². The number of fused-ring (bicyclic) bond motifs is 1. The van der Waals surface area contributed by atoms with Crippen molar-refractivity contribution in [2.24, 2.45) is 0 Å². The molecule has 2 aromatic heterocycles. The maximum absolute atomic E-state index is 12.7. The fourth-order valence-corrected chi connectivity index (χ4v) is 5.13. The summed E-state index contributed by atoms with van der Waals surface area (Å²) in [5, 5.41) is 3.23. The van der Waals surface area contributed by atoms with E-state index in [4.69, 9.17) is 17.0 Å². The summed E-state index contributed by atoms with van der Waals surface area (Å²) in [7, 11) is 0. The molecule has 4 aromatic rings. The van der Waals surface area contributed by atoms with Gasteiger partial charge in [0.2, 0.25) is 5.91 Å². The van der Waals surface area contributed by atoms with Gasteiger partial charge in [-0.05, 0) is 80.5 Å². The standard InChI is InChI=1S/C23H22N4O3S3/c1-4-30-17-9-7-16(8-10-17)27-20-19(33-23(27)31)21(29)26-22(25-20)32-12-18(28)24-15-6-5-13(2)14(3)11-15/h5-11H,4,12H2,1-3H3,(H,24,28)(H,25,26,29). The number of aryl methyl sites for hydroxylation is 2. The Hall–Kier alpha value is -2.95. The molecule has 4 rings (SSSR count). The number of aromatic nitrogens is 3. The van der Waals surface area contributed by atoms with Crippen molar-refractivity contribution in [2.45, 2.75) is 25.9 Å². The second-order valence-corrected chi connectivity index (χ2v) is 9.90. The third-order valence-electron chi connectivity index (χ3n) is 4.96. The van der Waals surface area contributed by atoms with Crippen LogP contribution in [0.25, 0.3) is 16.0 Å². The van der Waals surface area contributed by atoms with Crippen molar-refractivity contribution < 1.29 is 9.53 Å². The van der Waals surface area contributed by atoms with Crippen LogP contribution in [-0.4, -0.2) is 32.8 Å². The molecule has 2 aromatic carbocycles. The van der Waals surface area contributed by atoms with Crippen LogP contribution >= 0.6 is 35.3 Å². The maximum Gasteiger partial charge on any atom is 0.271 e. The molecule has 0 aliphatic rings. The minimum atomic E-state index is -0.280. The Kier molecular flexibility index (Phi) is 6.96. The second-order valence-electron chi connectivity index (χ2n) is 7.29. The van der Waals surface area contributed by atoms with E-state index in [0.717, 1.165) is 40.0 Å². The first kappa shape index (κ1) is 23.2. The van der Waals surface area contributed by atoms with Gasteiger partial charge in [0.1, 0.15) is 10.4 Å². The van der Waals surface area contributed by atoms with Gasteiger partial charge in [-0.1, -0.05) is 29.2 Å². The lowest BCUT2D eigenvalue weighted by Gasteiger charge is -2.08. The summed E-state index contributed by atoms with van der Waals surface area (Å²) >= 11 is 7.88. The number of ether oxygens (including phenoxy) is 1. The first-order valence-electron chi connectivity index (χ1n) is 10.2. The topological polar surface area (TPSA) is 89.0 Å². The van der Waals surface area contributed by atoms with Gasteiger partial charge < -0.3 is 15.0 Å². The summed E-state index contributed by atoms with van der Waals surface area (Å²) < 4.78 is 8.22. The summed E-state index contributed by atoms with van der Waals surface area (Å²) in [5.74, 6) is 0.679. The molecular weight excluding hydrogens is 476 g/mol. The third kappa shape index (κ3) is 5.18. The van der Waals surface area contributed by atoms with E-state index in [9.17, 15) is 9.59 Å². The molecule has 0 unspecified atom stereocenters. The zero-order chi connectivity index (χ0) is 23.5. The van der Waals surface area contributed by atoms with Gasteiger partial charge in [0.05, 0.1) is 12.4 Å². The number of aromatic amines is 1. The predicted octanol–water partition coefficient (Wildman–Crippen LogP) is 5.25. The van der Waals surface area contributed by atoms with E-state index in [0.29, 0.717) is 26.1 Å². The molecule has 170 valence electrons. The lowest BCUT2D eigenvalue weighted by molar-refractivity contribution is -0.113. The van der Waals surface area contributed by atoms with Crippen molar-refractivity contribution in [2.75, 3.05) is 17.7 Å². The quantitative estimate of drug-likeness (QED) is 0.206. The molecule has 0 aliphatic carbocycles. The van der Waals surface area contributed by atoms with Gasteiger partial charge in [0.15, 0.2) is 14.8 Å². The molecule has 0 saturated heterocycles. The largest absolute Gasteiger partial charge is 0.494 e. The van der Waals surface area contributed by atoms with Gasteiger partial charge in [0, 0.05) is 11.4 Å². The lowest BCUT2D eigenvalue weighted by atomic mass is 10.1. The predicted molar refractivity (Wildman–Crippen MR) is 137 cm³/mol. The first-order chi connectivity index (χ1) is 15.9. The van der Waals surface area contributed by atoms with Crippen molar-refractivity contribution >= 4 is 57.3 Å². The van der Waals surface area contributed by atoms with Gasteiger partial charge >= 0.3 is 0 Å². The SMILES string of the molecule is CCOc1ccc(-n2c(=S)sc3c(=O)[nH]c(SCC(=O)Nc4ccc(C)c(C)c4)nc32)cc1. The monoisotopic (exact) mass is 498 g/mol. The van der Waals surface area contributed by atoms with Gasteiger partial charge in [-0.15, -0.1) is 0 Å². The second kappa shape index (κ2) is 9.90. The van der Waals surface area contributed by atoms with Crippen LogP contribution < -0.4 is 15.6 Å². The van der Waals surface area contributed by atoms with E-state index in [2.05, 4.69) is 15.3 Å². The number of H-pyrrole nitrogens is 1. The summed E-state index contributed by atoms with van der Waals surface area (Å²) in [6.07, 6.45) is 0. The number of amides is 1. The van der Waals surface area contributed by atoms with Gasteiger partial charge in [-0.2, -0.15) is 0 Å². The number of carbonyl (C=O) groups excluding carboxylic acids is 1. The van der Waals surface area contributed by atoms with Crippen LogP contribution in [0.3, 0.4) is 0 Å². The molecular formula is C23H22N4O3S3. The summed E-state index contributed by atoms with van der Waals surface area (Å²) in [6, 6.07) is 13.2. The van der Waals surface area contributed by atoms with Crippen LogP contribution in [0.5, 0.6) is 5.75 Å². The molecule has 2 N–H and O–H groups in total. The molecule has 0 fully saturated rings. The molecule has 0 atom stereocenters. The number of anilines is 1. The van der Waals surface area contributed by atoms with E-state index in [1.165, 1.54) is 11.3 Å². The van der Waals surface area contributed by atoms with E-state index >= 15 is 0 Å². The number of thiazole rings is 1. The van der Waals surface area contributed by atoms with Crippen molar-refractivity contribution in [3.8, 4) is 11.4 Å². The fraction of sp³-hybridized carbons (Fsp3) is 0.217. The van der Waals surface area contributed by atoms with Crippen molar-refractivity contribution in [1.82, 2.24) is 14.5 Å². The smallest absolute Gasteiger partial charge is 0.271 e. The van der Waals surface area contributed by atoms with Crippen LogP contribution in [0.15, 0.2) is 52.4 Å². The number of rotatable bonds is 7. The average molecular weight is 499 g/mol. The normalized spacial score (nSPS) is 11.0. The Morgan fingerprint density at radius 1 is 1.21 bits per heavy atom. The number of thioether (sulfide) groups is 1. The molecule has 0 saturated carbocycles. The molecule has 2 heterocycles. The molecule has 0 radical (unpaired) electrons. The van der Waals surface area contributed by atoms with Crippen molar-refractivity contribution in [3.63, 3.8) is 0 Å². The van der Waals surface area contributed by atoms with Crippen molar-refractivity contribution in [3.05, 3.63) is 67.9 Å². The minimum absolute atomic E-state index is 0.106. The van der Waals surface area contributed by atoms with E-state index in [-0.39, 0.29) is 17.2 Å². The average Bonchev–Trinajstić information content (AvgIpc) is 3.12. The number of carbonyl (C=O) groups is 1. The Morgan fingerprint density at radius 3 is 2.67 bits per heavy atom. The zero-order valence-electron chi connectivity index (χ0n) is 18.3. The molecule has 0 bridgehead atoms. The molecule has 0 spiro atoms. The Morgan fingerprint density at radius 2 is 1.97 bits per heavy atom. The van der Waals surface area contributed by atoms with Gasteiger partial charge in [-0.25, -0.2) is 4.98 Å². The van der Waals surface area contributed by atoms with Gasteiger partial charge in [-0.3, -0.25) is 14.2 Å². The summed E-state index contributed by atoms with van der Waals surface area (Å²) in [6.45, 7) is 6.52. The van der Waals surface area contributed by atoms with E-state index in [1.54, 1.807) is 4.57 Å².